The summed E-state index contributed by atoms with van der Waals surface area (Å²) in [6.07, 6.45) is 0. The lowest BCUT2D eigenvalue weighted by Crippen LogP contribution is -2.50. The van der Waals surface area contributed by atoms with Crippen LogP contribution in [0.4, 0.5) is 0 Å². The Balaban J connectivity index is 2.53. The molecule has 0 spiro atoms. The number of sulfonamides is 1. The van der Waals surface area contributed by atoms with Gasteiger partial charge in [0.2, 0.25) is 15.9 Å². The molecule has 0 aliphatic carbocycles. The molecule has 0 radical (unpaired) electrons. The normalized spacial score (nSPS) is 16.2. The lowest BCUT2D eigenvalue weighted by Gasteiger charge is -2.29. The highest BCUT2D eigenvalue weighted by Gasteiger charge is 2.26. The van der Waals surface area contributed by atoms with E-state index in [0.29, 0.717) is 26.2 Å². The molecule has 9 heteroatoms. The van der Waals surface area contributed by atoms with Gasteiger partial charge in [-0.2, -0.15) is 4.31 Å². The predicted molar refractivity (Wildman–Crippen MR) is 72.5 cm³/mol. The Labute approximate surface area is 119 Å². The zero-order valence-electron chi connectivity index (χ0n) is 11.8. The van der Waals surface area contributed by atoms with Crippen LogP contribution in [0, 0.1) is 0 Å². The van der Waals surface area contributed by atoms with Crippen LogP contribution in [0.3, 0.4) is 0 Å². The topological polar surface area (TPSA) is 96.0 Å². The maximum absolute atomic E-state index is 11.9. The second-order valence-corrected chi connectivity index (χ2v) is 6.52. The minimum Gasteiger partial charge on any atom is -0.465 e. The van der Waals surface area contributed by atoms with E-state index in [2.05, 4.69) is 10.1 Å². The summed E-state index contributed by atoms with van der Waals surface area (Å²) in [4.78, 5) is 24.8. The molecule has 1 amide bonds. The van der Waals surface area contributed by atoms with Crippen molar-refractivity contribution < 1.29 is 22.7 Å². The van der Waals surface area contributed by atoms with E-state index in [0.717, 1.165) is 4.31 Å². The van der Waals surface area contributed by atoms with Crippen molar-refractivity contribution in [2.45, 2.75) is 6.92 Å². The standard InChI is InChI=1S/C11H21N3O5S/c1-3-19-11(16)9-20(17,18)13(2)8-10(15)14-6-4-12-5-7-14/h12H,3-9H2,1-2H3. The Morgan fingerprint density at radius 2 is 1.90 bits per heavy atom. The molecule has 0 bridgehead atoms. The van der Waals surface area contributed by atoms with Crippen molar-refractivity contribution in [3.05, 3.63) is 0 Å². The van der Waals surface area contributed by atoms with Crippen molar-refractivity contribution >= 4 is 21.9 Å². The van der Waals surface area contributed by atoms with E-state index >= 15 is 0 Å². The molecule has 20 heavy (non-hydrogen) atoms. The number of hydrogen-bond acceptors (Lipinski definition) is 6. The number of piperazine rings is 1. The number of nitrogens with one attached hydrogen (secondary N) is 1. The van der Waals surface area contributed by atoms with Crippen molar-refractivity contribution in [2.75, 3.05) is 52.1 Å². The SMILES string of the molecule is CCOC(=O)CS(=O)(=O)N(C)CC(=O)N1CCNCC1. The molecule has 0 saturated carbocycles. The highest BCUT2D eigenvalue weighted by Crippen LogP contribution is 2.02. The number of carbonyl (C=O) groups is 2. The van der Waals surface area contributed by atoms with Gasteiger partial charge >= 0.3 is 5.97 Å². The average molecular weight is 307 g/mol. The fraction of sp³-hybridized carbons (Fsp3) is 0.818. The molecular formula is C11H21N3O5S. The quantitative estimate of drug-likeness (QED) is 0.584. The monoisotopic (exact) mass is 307 g/mol. The Bertz CT molecular complexity index is 445. The number of amides is 1. The molecule has 1 aliphatic rings. The number of rotatable bonds is 6. The molecule has 1 rings (SSSR count). The van der Waals surface area contributed by atoms with Crippen LogP contribution in [0.5, 0.6) is 0 Å². The minimum absolute atomic E-state index is 0.123. The van der Waals surface area contributed by atoms with Gasteiger partial charge in [-0.15, -0.1) is 0 Å². The molecule has 0 atom stereocenters. The van der Waals surface area contributed by atoms with E-state index in [4.69, 9.17) is 0 Å². The van der Waals surface area contributed by atoms with Crippen LogP contribution < -0.4 is 5.32 Å². The number of esters is 1. The van der Waals surface area contributed by atoms with Crippen LogP contribution in [-0.2, 0) is 24.3 Å². The van der Waals surface area contributed by atoms with Crippen molar-refractivity contribution in [1.82, 2.24) is 14.5 Å². The summed E-state index contributed by atoms with van der Waals surface area (Å²) in [5, 5.41) is 3.11. The summed E-state index contributed by atoms with van der Waals surface area (Å²) in [6.45, 7) is 3.98. The molecule has 116 valence electrons. The summed E-state index contributed by atoms with van der Waals surface area (Å²) in [5.41, 5.74) is 0. The first kappa shape index (κ1) is 16.9. The lowest BCUT2D eigenvalue weighted by atomic mass is 10.3. The minimum atomic E-state index is -3.82. The number of likely N-dealkylation sites (N-methyl/N-ethyl adjacent to an activating group) is 1. The number of ether oxygens (including phenoxy) is 1. The van der Waals surface area contributed by atoms with Gasteiger partial charge in [0, 0.05) is 33.2 Å². The fourth-order valence-corrected chi connectivity index (χ4v) is 2.67. The Kier molecular flexibility index (Phi) is 6.37. The summed E-state index contributed by atoms with van der Waals surface area (Å²) < 4.78 is 29.3. The largest absolute Gasteiger partial charge is 0.465 e. The Morgan fingerprint density at radius 1 is 1.30 bits per heavy atom. The van der Waals surface area contributed by atoms with Crippen molar-refractivity contribution in [2.24, 2.45) is 0 Å². The summed E-state index contributed by atoms with van der Waals surface area (Å²) in [6, 6.07) is 0. The highest BCUT2D eigenvalue weighted by molar-refractivity contribution is 7.89. The molecule has 8 nitrogen and oxygen atoms in total. The smallest absolute Gasteiger partial charge is 0.322 e. The lowest BCUT2D eigenvalue weighted by molar-refractivity contribution is -0.140. The first-order valence-electron chi connectivity index (χ1n) is 6.45. The molecule has 0 aromatic rings. The third-order valence-electron chi connectivity index (χ3n) is 2.91. The average Bonchev–Trinajstić information content (AvgIpc) is 2.39. The van der Waals surface area contributed by atoms with E-state index in [1.807, 2.05) is 0 Å². The molecule has 0 aromatic carbocycles. The first-order valence-corrected chi connectivity index (χ1v) is 8.06. The second kappa shape index (κ2) is 7.55. The second-order valence-electron chi connectivity index (χ2n) is 4.45. The van der Waals surface area contributed by atoms with Crippen LogP contribution in [0.25, 0.3) is 0 Å². The van der Waals surface area contributed by atoms with Crippen LogP contribution in [0.15, 0.2) is 0 Å². The van der Waals surface area contributed by atoms with Gasteiger partial charge in [-0.3, -0.25) is 9.59 Å². The van der Waals surface area contributed by atoms with Gasteiger partial charge in [0.25, 0.3) is 0 Å². The molecule has 1 N–H and O–H groups in total. The summed E-state index contributed by atoms with van der Waals surface area (Å²) in [7, 11) is -2.53. The molecule has 1 aliphatic heterocycles. The first-order chi connectivity index (χ1) is 9.36. The van der Waals surface area contributed by atoms with E-state index < -0.39 is 21.7 Å². The van der Waals surface area contributed by atoms with Crippen molar-refractivity contribution in [3.8, 4) is 0 Å². The van der Waals surface area contributed by atoms with E-state index in [1.54, 1.807) is 11.8 Å². The third-order valence-corrected chi connectivity index (χ3v) is 4.59. The Hall–Kier alpha value is -1.19. The summed E-state index contributed by atoms with van der Waals surface area (Å²) >= 11 is 0. The van der Waals surface area contributed by atoms with Gasteiger partial charge < -0.3 is 15.0 Å². The van der Waals surface area contributed by atoms with Crippen LogP contribution >= 0.6 is 0 Å². The van der Waals surface area contributed by atoms with Gasteiger partial charge in [0.1, 0.15) is 0 Å². The Morgan fingerprint density at radius 3 is 2.45 bits per heavy atom. The summed E-state index contributed by atoms with van der Waals surface area (Å²) in [5.74, 6) is -1.82. The predicted octanol–water partition coefficient (Wildman–Crippen LogP) is -1.76. The maximum Gasteiger partial charge on any atom is 0.322 e. The third kappa shape index (κ3) is 5.06. The van der Waals surface area contributed by atoms with Crippen molar-refractivity contribution in [1.29, 1.82) is 0 Å². The zero-order chi connectivity index (χ0) is 15.2. The van der Waals surface area contributed by atoms with E-state index in [-0.39, 0.29) is 19.1 Å². The zero-order valence-corrected chi connectivity index (χ0v) is 12.6. The number of carbonyl (C=O) groups excluding carboxylic acids is 2. The number of nitrogens with zero attached hydrogens (tertiary/aromatic N) is 2. The molecular weight excluding hydrogens is 286 g/mol. The number of hydrogen-bond donors (Lipinski definition) is 1. The van der Waals surface area contributed by atoms with Crippen molar-refractivity contribution in [3.63, 3.8) is 0 Å². The molecule has 1 heterocycles. The fourth-order valence-electron chi connectivity index (χ4n) is 1.76. The van der Waals surface area contributed by atoms with Gasteiger partial charge in [0.05, 0.1) is 13.2 Å². The van der Waals surface area contributed by atoms with Gasteiger partial charge in [-0.25, -0.2) is 8.42 Å². The van der Waals surface area contributed by atoms with Crippen LogP contribution in [0.1, 0.15) is 6.92 Å². The van der Waals surface area contributed by atoms with Gasteiger partial charge in [0.15, 0.2) is 5.75 Å². The highest BCUT2D eigenvalue weighted by atomic mass is 32.2. The maximum atomic E-state index is 11.9. The molecule has 1 saturated heterocycles. The van der Waals surface area contributed by atoms with Gasteiger partial charge in [-0.05, 0) is 6.92 Å². The van der Waals surface area contributed by atoms with Crippen LogP contribution in [-0.4, -0.2) is 81.6 Å². The van der Waals surface area contributed by atoms with Gasteiger partial charge in [-0.1, -0.05) is 0 Å². The van der Waals surface area contributed by atoms with E-state index in [1.165, 1.54) is 7.05 Å². The van der Waals surface area contributed by atoms with Crippen LogP contribution in [0.2, 0.25) is 0 Å². The van der Waals surface area contributed by atoms with E-state index in [9.17, 15) is 18.0 Å². The molecule has 0 unspecified atom stereocenters. The molecule has 1 fully saturated rings. The molecule has 0 aromatic heterocycles.